The first-order valence-electron chi connectivity index (χ1n) is 11.5. The van der Waals surface area contributed by atoms with Crippen LogP contribution in [0, 0.1) is 27.7 Å². The minimum absolute atomic E-state index is 0.395. The lowest BCUT2D eigenvalue weighted by Gasteiger charge is -2.37. The molecule has 8 heteroatoms. The highest BCUT2D eigenvalue weighted by Gasteiger charge is 2.21. The van der Waals surface area contributed by atoms with Crippen LogP contribution in [0.5, 0.6) is 0 Å². The van der Waals surface area contributed by atoms with E-state index in [0.29, 0.717) is 17.0 Å². The van der Waals surface area contributed by atoms with Crippen molar-refractivity contribution in [1.82, 2.24) is 14.9 Å². The van der Waals surface area contributed by atoms with Crippen molar-refractivity contribution in [3.8, 4) is 0 Å². The van der Waals surface area contributed by atoms with E-state index in [1.165, 1.54) is 11.3 Å². The zero-order valence-electron chi connectivity index (χ0n) is 20.2. The maximum Gasteiger partial charge on any atom is 0.229 e. The van der Waals surface area contributed by atoms with Crippen molar-refractivity contribution in [1.29, 1.82) is 0 Å². The van der Waals surface area contributed by atoms with Gasteiger partial charge in [0.1, 0.15) is 0 Å². The van der Waals surface area contributed by atoms with E-state index in [9.17, 15) is 0 Å². The van der Waals surface area contributed by atoms with Gasteiger partial charge in [0.05, 0.1) is 0 Å². The number of nitrogens with zero attached hydrogens (tertiary/aromatic N) is 5. The topological polar surface area (TPSA) is 68.7 Å². The summed E-state index contributed by atoms with van der Waals surface area (Å²) in [5.41, 5.74) is 6.28. The largest absolute Gasteiger partial charge is 0.368 e. The molecule has 1 aliphatic rings. The lowest BCUT2D eigenvalue weighted by molar-refractivity contribution is 0.385. The maximum atomic E-state index is 5.64. The number of nitrogens with one attached hydrogen (secondary N) is 2. The van der Waals surface area contributed by atoms with Crippen LogP contribution in [0.25, 0.3) is 0 Å². The van der Waals surface area contributed by atoms with Crippen molar-refractivity contribution in [2.24, 2.45) is 4.99 Å². The van der Waals surface area contributed by atoms with Crippen LogP contribution in [0.2, 0.25) is 0 Å². The molecule has 176 valence electrons. The van der Waals surface area contributed by atoms with E-state index < -0.39 is 0 Å². The number of piperazine rings is 1. The highest BCUT2D eigenvalue weighted by molar-refractivity contribution is 7.80. The third-order valence-electron chi connectivity index (χ3n) is 5.75. The molecule has 0 aliphatic carbocycles. The number of hydrogen-bond acceptors (Lipinski definition) is 4. The number of hydrogen-bond donors (Lipinski definition) is 2. The zero-order chi connectivity index (χ0) is 24.1. The van der Waals surface area contributed by atoms with Crippen molar-refractivity contribution >= 4 is 40.6 Å². The van der Waals surface area contributed by atoms with Crippen molar-refractivity contribution in [3.05, 3.63) is 77.1 Å². The first-order valence-corrected chi connectivity index (χ1v) is 11.9. The van der Waals surface area contributed by atoms with Crippen molar-refractivity contribution < 1.29 is 0 Å². The molecule has 0 radical (unpaired) electrons. The molecule has 1 fully saturated rings. The minimum Gasteiger partial charge on any atom is -0.368 e. The number of benzene rings is 2. The van der Waals surface area contributed by atoms with E-state index in [2.05, 4.69) is 86.7 Å². The molecule has 2 aromatic carbocycles. The normalized spacial score (nSPS) is 14.2. The highest BCUT2D eigenvalue weighted by atomic mass is 32.1. The molecular formula is C26H31N7S. The standard InChI is InChI=1S/C26H31N7S/c1-18-10-11-19(2)23(16-18)29-26(34)31-25(30-24-27-20(3)17-21(4)28-24)33-14-12-32(13-15-33)22-8-6-5-7-9-22/h5-11,16-17H,12-15H2,1-4H3,(H2,27,28,29,30,31,34). The van der Waals surface area contributed by atoms with Gasteiger partial charge in [-0.05, 0) is 75.3 Å². The van der Waals surface area contributed by atoms with Crippen LogP contribution in [0.15, 0.2) is 59.6 Å². The zero-order valence-corrected chi connectivity index (χ0v) is 21.0. The van der Waals surface area contributed by atoms with Crippen LogP contribution in [0.4, 0.5) is 17.3 Å². The van der Waals surface area contributed by atoms with Gasteiger partial charge in [-0.25, -0.2) is 9.97 Å². The second-order valence-electron chi connectivity index (χ2n) is 8.59. The Morgan fingerprint density at radius 2 is 1.53 bits per heavy atom. The van der Waals surface area contributed by atoms with Crippen LogP contribution in [0.3, 0.4) is 0 Å². The first-order chi connectivity index (χ1) is 16.4. The Morgan fingerprint density at radius 1 is 0.853 bits per heavy atom. The number of thiocarbonyl (C=S) groups is 1. The van der Waals surface area contributed by atoms with Gasteiger partial charge in [-0.2, -0.15) is 4.99 Å². The van der Waals surface area contributed by atoms with E-state index in [0.717, 1.165) is 48.8 Å². The summed E-state index contributed by atoms with van der Waals surface area (Å²) in [6, 6.07) is 18.7. The Hall–Kier alpha value is -3.52. The monoisotopic (exact) mass is 473 g/mol. The Morgan fingerprint density at radius 3 is 2.21 bits per heavy atom. The number of aromatic nitrogens is 2. The molecule has 2 N–H and O–H groups in total. The number of rotatable bonds is 3. The average molecular weight is 474 g/mol. The van der Waals surface area contributed by atoms with Crippen molar-refractivity contribution in [2.45, 2.75) is 27.7 Å². The van der Waals surface area contributed by atoms with Crippen LogP contribution >= 0.6 is 12.2 Å². The fraction of sp³-hybridized carbons (Fsp3) is 0.308. The Labute approximate surface area is 207 Å². The van der Waals surface area contributed by atoms with E-state index in [1.54, 1.807) is 0 Å². The maximum absolute atomic E-state index is 5.64. The van der Waals surface area contributed by atoms with Gasteiger partial charge in [0.25, 0.3) is 0 Å². The molecule has 34 heavy (non-hydrogen) atoms. The summed E-state index contributed by atoms with van der Waals surface area (Å²) < 4.78 is 0. The third kappa shape index (κ3) is 6.08. The second kappa shape index (κ2) is 10.6. The van der Waals surface area contributed by atoms with Gasteiger partial charge in [-0.1, -0.05) is 30.3 Å². The molecule has 1 aliphatic heterocycles. The SMILES string of the molecule is Cc1ccc(C)c(NC(=S)/N=C(/Nc2nc(C)cc(C)n2)N2CCN(c3ccccc3)CC2)c1. The van der Waals surface area contributed by atoms with Gasteiger partial charge in [0.15, 0.2) is 0 Å². The fourth-order valence-electron chi connectivity index (χ4n) is 3.98. The Bertz CT molecular complexity index is 1160. The van der Waals surface area contributed by atoms with E-state index >= 15 is 0 Å². The Kier molecular flexibility index (Phi) is 7.37. The fourth-order valence-corrected chi connectivity index (χ4v) is 4.18. The van der Waals surface area contributed by atoms with Crippen molar-refractivity contribution in [3.63, 3.8) is 0 Å². The molecule has 0 saturated carbocycles. The molecule has 0 spiro atoms. The summed E-state index contributed by atoms with van der Waals surface area (Å²) in [5.74, 6) is 1.18. The van der Waals surface area contributed by atoms with Gasteiger partial charge in [0.2, 0.25) is 17.0 Å². The quantitative estimate of drug-likeness (QED) is 0.325. The summed E-state index contributed by atoms with van der Waals surface area (Å²) in [6.45, 7) is 11.4. The summed E-state index contributed by atoms with van der Waals surface area (Å²) in [5, 5.41) is 7.02. The van der Waals surface area contributed by atoms with Gasteiger partial charge in [-0.15, -0.1) is 0 Å². The molecule has 1 aromatic heterocycles. The molecule has 3 aromatic rings. The summed E-state index contributed by atoms with van der Waals surface area (Å²) in [6.07, 6.45) is 0. The molecule has 2 heterocycles. The number of aryl methyl sites for hydroxylation is 4. The molecule has 0 unspecified atom stereocenters. The van der Waals surface area contributed by atoms with Crippen molar-refractivity contribution in [2.75, 3.05) is 41.7 Å². The molecule has 7 nitrogen and oxygen atoms in total. The smallest absolute Gasteiger partial charge is 0.229 e. The number of para-hydroxylation sites is 1. The molecule has 1 saturated heterocycles. The molecule has 4 rings (SSSR count). The summed E-state index contributed by atoms with van der Waals surface area (Å²) >= 11 is 5.64. The lowest BCUT2D eigenvalue weighted by Crippen LogP contribution is -2.51. The second-order valence-corrected chi connectivity index (χ2v) is 8.98. The average Bonchev–Trinajstić information content (AvgIpc) is 2.81. The predicted octanol–water partition coefficient (Wildman–Crippen LogP) is 4.70. The Balaban J connectivity index is 1.55. The van der Waals surface area contributed by atoms with Gasteiger partial charge >= 0.3 is 0 Å². The molecular weight excluding hydrogens is 442 g/mol. The van der Waals surface area contributed by atoms with Gasteiger partial charge in [-0.3, -0.25) is 5.32 Å². The van der Waals surface area contributed by atoms with E-state index in [-0.39, 0.29) is 0 Å². The van der Waals surface area contributed by atoms with Crippen LogP contribution in [-0.4, -0.2) is 52.1 Å². The number of guanidine groups is 1. The highest BCUT2D eigenvalue weighted by Crippen LogP contribution is 2.18. The summed E-state index contributed by atoms with van der Waals surface area (Å²) in [4.78, 5) is 18.4. The van der Waals surface area contributed by atoms with E-state index in [1.807, 2.05) is 26.0 Å². The predicted molar refractivity (Wildman–Crippen MR) is 145 cm³/mol. The van der Waals surface area contributed by atoms with Crippen LogP contribution < -0.4 is 15.5 Å². The van der Waals surface area contributed by atoms with Gasteiger partial charge in [0, 0.05) is 48.9 Å². The first kappa shape index (κ1) is 23.6. The number of aliphatic imine (C=N–C) groups is 1. The lowest BCUT2D eigenvalue weighted by atomic mass is 10.1. The van der Waals surface area contributed by atoms with Gasteiger partial charge < -0.3 is 15.1 Å². The molecule has 0 amide bonds. The summed E-state index contributed by atoms with van der Waals surface area (Å²) in [7, 11) is 0. The van der Waals surface area contributed by atoms with Crippen LogP contribution in [0.1, 0.15) is 22.5 Å². The molecule has 0 bridgehead atoms. The third-order valence-corrected chi connectivity index (χ3v) is 5.94. The molecule has 0 atom stereocenters. The van der Waals surface area contributed by atoms with Crippen LogP contribution in [-0.2, 0) is 0 Å². The minimum atomic E-state index is 0.395. The number of anilines is 3. The van der Waals surface area contributed by atoms with E-state index in [4.69, 9.17) is 17.2 Å².